The summed E-state index contributed by atoms with van der Waals surface area (Å²) in [4.78, 5) is 13.6. The number of carbonyl (C=O) groups excluding carboxylic acids is 1. The third-order valence-corrected chi connectivity index (χ3v) is 7.16. The first-order valence-corrected chi connectivity index (χ1v) is 11.2. The van der Waals surface area contributed by atoms with Gasteiger partial charge < -0.3 is 9.64 Å². The minimum absolute atomic E-state index is 0.0195. The lowest BCUT2D eigenvalue weighted by Gasteiger charge is -2.28. The van der Waals surface area contributed by atoms with Crippen LogP contribution in [0.1, 0.15) is 18.4 Å². The van der Waals surface area contributed by atoms with Gasteiger partial charge in [0.05, 0.1) is 23.4 Å². The highest BCUT2D eigenvalue weighted by atomic mass is 35.5. The quantitative estimate of drug-likeness (QED) is 0.627. The van der Waals surface area contributed by atoms with Crippen molar-refractivity contribution >= 4 is 33.2 Å². The van der Waals surface area contributed by atoms with Crippen molar-refractivity contribution in [3.63, 3.8) is 0 Å². The summed E-state index contributed by atoms with van der Waals surface area (Å²) >= 11 is 6.00. The molecule has 1 saturated heterocycles. The molecule has 1 heterocycles. The zero-order valence-corrected chi connectivity index (χ0v) is 18.1. The summed E-state index contributed by atoms with van der Waals surface area (Å²) in [5, 5.41) is -0.387. The molecule has 0 saturated carbocycles. The van der Waals surface area contributed by atoms with Crippen LogP contribution in [-0.4, -0.2) is 46.0 Å². The molecule has 0 unspecified atom stereocenters. The summed E-state index contributed by atoms with van der Waals surface area (Å²) in [6.07, 6.45) is -3.17. The molecule has 11 heteroatoms. The molecule has 1 fully saturated rings. The number of likely N-dealkylation sites (tertiary alicyclic amines) is 1. The first-order valence-electron chi connectivity index (χ1n) is 9.36. The number of methoxy groups -OCH3 is 1. The molecule has 1 aliphatic heterocycles. The van der Waals surface area contributed by atoms with E-state index in [1.807, 2.05) is 0 Å². The van der Waals surface area contributed by atoms with Gasteiger partial charge in [0, 0.05) is 13.1 Å². The Bertz CT molecular complexity index is 1070. The Morgan fingerprint density at radius 2 is 1.81 bits per heavy atom. The minimum Gasteiger partial charge on any atom is -0.495 e. The van der Waals surface area contributed by atoms with Crippen LogP contribution in [0.15, 0.2) is 47.4 Å². The van der Waals surface area contributed by atoms with E-state index < -0.39 is 39.1 Å². The fourth-order valence-corrected chi connectivity index (χ4v) is 5.25. The molecule has 3 rings (SSSR count). The van der Waals surface area contributed by atoms with Crippen molar-refractivity contribution in [2.45, 2.75) is 23.9 Å². The Balaban J connectivity index is 2.13. The highest BCUT2D eigenvalue weighted by Gasteiger charge is 2.36. The van der Waals surface area contributed by atoms with Gasteiger partial charge in [-0.15, -0.1) is 0 Å². The van der Waals surface area contributed by atoms with E-state index in [0.29, 0.717) is 25.2 Å². The molecule has 0 atom stereocenters. The molecule has 1 amide bonds. The van der Waals surface area contributed by atoms with Crippen LogP contribution in [0, 0.1) is 0 Å². The fourth-order valence-electron chi connectivity index (χ4n) is 3.32. The maximum atomic E-state index is 13.5. The number of halogens is 4. The molecular weight excluding hydrogens is 457 g/mol. The highest BCUT2D eigenvalue weighted by Crippen LogP contribution is 2.37. The number of rotatable bonds is 6. The summed E-state index contributed by atoms with van der Waals surface area (Å²) in [6.45, 7) is 0.376. The van der Waals surface area contributed by atoms with E-state index in [1.165, 1.54) is 30.2 Å². The van der Waals surface area contributed by atoms with E-state index >= 15 is 0 Å². The summed E-state index contributed by atoms with van der Waals surface area (Å²) < 4.78 is 72.6. The van der Waals surface area contributed by atoms with Gasteiger partial charge in [0.15, 0.2) is 0 Å². The summed E-state index contributed by atoms with van der Waals surface area (Å²) in [6, 6.07) is 8.09. The molecular formula is C20H20ClF3N2O4S. The van der Waals surface area contributed by atoms with Gasteiger partial charge in [-0.2, -0.15) is 13.2 Å². The smallest absolute Gasteiger partial charge is 0.416 e. The lowest BCUT2D eigenvalue weighted by Crippen LogP contribution is -2.42. The van der Waals surface area contributed by atoms with Gasteiger partial charge in [-0.25, -0.2) is 8.42 Å². The Morgan fingerprint density at radius 3 is 2.42 bits per heavy atom. The maximum Gasteiger partial charge on any atom is 0.416 e. The molecule has 0 bridgehead atoms. The van der Waals surface area contributed by atoms with Gasteiger partial charge in [-0.1, -0.05) is 23.7 Å². The lowest BCUT2D eigenvalue weighted by molar-refractivity contribution is -0.137. The van der Waals surface area contributed by atoms with Crippen LogP contribution < -0.4 is 9.04 Å². The van der Waals surface area contributed by atoms with Crippen molar-refractivity contribution in [1.29, 1.82) is 0 Å². The van der Waals surface area contributed by atoms with Crippen LogP contribution in [0.3, 0.4) is 0 Å². The molecule has 1 aliphatic rings. The second-order valence-corrected chi connectivity index (χ2v) is 9.15. The summed E-state index contributed by atoms with van der Waals surface area (Å²) in [5.74, 6) is -0.321. The van der Waals surface area contributed by atoms with E-state index in [4.69, 9.17) is 16.3 Å². The summed E-state index contributed by atoms with van der Waals surface area (Å²) in [5.41, 5.74) is -1.15. The van der Waals surface area contributed by atoms with Crippen LogP contribution >= 0.6 is 11.6 Å². The van der Waals surface area contributed by atoms with E-state index in [9.17, 15) is 26.4 Å². The van der Waals surface area contributed by atoms with Gasteiger partial charge in [-0.05, 0) is 43.2 Å². The standard InChI is InChI=1S/C20H20ClF3N2O4S/c1-30-17-7-3-2-6-16(17)26(13-19(27)25-10-4-5-11-25)31(28,29)18-12-14(20(22,23)24)8-9-15(18)21/h2-3,6-9,12H,4-5,10-11,13H2,1H3. The molecule has 0 aliphatic carbocycles. The second-order valence-electron chi connectivity index (χ2n) is 6.91. The number of carbonyl (C=O) groups is 1. The van der Waals surface area contributed by atoms with Crippen LogP contribution in [0.4, 0.5) is 18.9 Å². The monoisotopic (exact) mass is 476 g/mol. The molecule has 168 valence electrons. The van der Waals surface area contributed by atoms with Crippen molar-refractivity contribution in [2.75, 3.05) is 31.0 Å². The molecule has 0 spiro atoms. The van der Waals surface area contributed by atoms with E-state index in [2.05, 4.69) is 0 Å². The number of benzene rings is 2. The maximum absolute atomic E-state index is 13.5. The summed E-state index contributed by atoms with van der Waals surface area (Å²) in [7, 11) is -3.33. The van der Waals surface area contributed by atoms with Crippen LogP contribution in [0.2, 0.25) is 5.02 Å². The SMILES string of the molecule is COc1ccccc1N(CC(=O)N1CCCC1)S(=O)(=O)c1cc(C(F)(F)F)ccc1Cl. The number of hydrogen-bond donors (Lipinski definition) is 0. The predicted octanol–water partition coefficient (Wildman–Crippen LogP) is 4.19. The Kier molecular flexibility index (Phi) is 6.70. The van der Waals surface area contributed by atoms with Crippen molar-refractivity contribution in [3.8, 4) is 5.75 Å². The fraction of sp³-hybridized carbons (Fsp3) is 0.350. The third-order valence-electron chi connectivity index (χ3n) is 4.92. The molecule has 6 nitrogen and oxygen atoms in total. The Morgan fingerprint density at radius 1 is 1.16 bits per heavy atom. The van der Waals surface area contributed by atoms with Gasteiger partial charge in [-0.3, -0.25) is 9.10 Å². The number of para-hydroxylation sites is 2. The first-order chi connectivity index (χ1) is 14.6. The molecule has 2 aromatic rings. The topological polar surface area (TPSA) is 66.9 Å². The number of nitrogens with zero attached hydrogens (tertiary/aromatic N) is 2. The van der Waals surface area contributed by atoms with Gasteiger partial charge >= 0.3 is 6.18 Å². The number of hydrogen-bond acceptors (Lipinski definition) is 4. The lowest BCUT2D eigenvalue weighted by atomic mass is 10.2. The van der Waals surface area contributed by atoms with Crippen molar-refractivity contribution in [1.82, 2.24) is 4.90 Å². The highest BCUT2D eigenvalue weighted by molar-refractivity contribution is 7.93. The average molecular weight is 477 g/mol. The van der Waals surface area contributed by atoms with Crippen LogP contribution in [0.5, 0.6) is 5.75 Å². The van der Waals surface area contributed by atoms with Crippen LogP contribution in [0.25, 0.3) is 0 Å². The Hall–Kier alpha value is -2.46. The van der Waals surface area contributed by atoms with Crippen molar-refractivity contribution < 1.29 is 31.1 Å². The molecule has 0 aromatic heterocycles. The average Bonchev–Trinajstić information content (AvgIpc) is 3.26. The van der Waals surface area contributed by atoms with Crippen LogP contribution in [-0.2, 0) is 21.0 Å². The Labute approximate surface area is 183 Å². The van der Waals surface area contributed by atoms with E-state index in [1.54, 1.807) is 6.07 Å². The molecule has 2 aromatic carbocycles. The van der Waals surface area contributed by atoms with E-state index in [-0.39, 0.29) is 16.5 Å². The van der Waals surface area contributed by atoms with Crippen molar-refractivity contribution in [2.24, 2.45) is 0 Å². The second kappa shape index (κ2) is 8.96. The number of alkyl halides is 3. The number of amides is 1. The number of ether oxygens (including phenoxy) is 1. The molecule has 31 heavy (non-hydrogen) atoms. The zero-order chi connectivity index (χ0) is 22.8. The van der Waals surface area contributed by atoms with Gasteiger partial charge in [0.2, 0.25) is 5.91 Å². The number of anilines is 1. The van der Waals surface area contributed by atoms with Gasteiger partial charge in [0.1, 0.15) is 17.2 Å². The minimum atomic E-state index is -4.77. The first kappa shape index (κ1) is 23.2. The van der Waals surface area contributed by atoms with Crippen molar-refractivity contribution in [3.05, 3.63) is 53.1 Å². The zero-order valence-electron chi connectivity index (χ0n) is 16.5. The van der Waals surface area contributed by atoms with Gasteiger partial charge in [0.25, 0.3) is 10.0 Å². The molecule has 0 radical (unpaired) electrons. The number of sulfonamides is 1. The van der Waals surface area contributed by atoms with E-state index in [0.717, 1.165) is 23.2 Å². The largest absolute Gasteiger partial charge is 0.495 e. The normalized spacial score (nSPS) is 14.5. The molecule has 0 N–H and O–H groups in total. The third kappa shape index (κ3) is 4.90. The predicted molar refractivity (Wildman–Crippen MR) is 110 cm³/mol.